The van der Waals surface area contributed by atoms with Gasteiger partial charge in [0.25, 0.3) is 5.09 Å². The van der Waals surface area contributed by atoms with Crippen molar-refractivity contribution in [2.75, 3.05) is 13.4 Å². The maximum Gasteiger partial charge on any atom is 0.573 e. The number of carbonyl (C=O) groups is 2. The van der Waals surface area contributed by atoms with Crippen LogP contribution in [0.5, 0.6) is 11.5 Å². The van der Waals surface area contributed by atoms with E-state index in [1.807, 2.05) is 0 Å². The molecule has 2 rings (SSSR count). The van der Waals surface area contributed by atoms with Crippen LogP contribution >= 0.6 is 0 Å². The monoisotopic (exact) mass is 503 g/mol. The van der Waals surface area contributed by atoms with E-state index >= 15 is 0 Å². The number of alkyl halides is 6. The van der Waals surface area contributed by atoms with Gasteiger partial charge < -0.3 is 23.8 Å². The van der Waals surface area contributed by atoms with E-state index in [-0.39, 0.29) is 17.5 Å². The summed E-state index contributed by atoms with van der Waals surface area (Å²) in [6, 6.07) is 1.59. The summed E-state index contributed by atoms with van der Waals surface area (Å²) < 4.78 is 96.0. The predicted octanol–water partition coefficient (Wildman–Crippen LogP) is 3.50. The first-order valence-electron chi connectivity index (χ1n) is 9.19. The van der Waals surface area contributed by atoms with Crippen LogP contribution < -0.4 is 9.47 Å². The Morgan fingerprint density at radius 2 is 1.82 bits per heavy atom. The summed E-state index contributed by atoms with van der Waals surface area (Å²) >= 11 is 0. The molecule has 16 heteroatoms. The summed E-state index contributed by atoms with van der Waals surface area (Å²) in [5.74, 6) is -3.90. The standard InChI is InChI=1S/C18H15F6NO9/c1-2-9-5-11(34-18(22,23)24)6-10-7-12(15(17(19,20)21)33-14(9)10)16(27)31-8-30-13(26)3-4-32-25(28)29/h5-7,15H,2-4,8H2,1H3. The molecular weight excluding hydrogens is 488 g/mol. The SMILES string of the molecule is CCc1cc(OC(F)(F)F)cc2c1OC(C(F)(F)F)C(C(=O)OCOC(=O)CCO[N+](=O)[O-])=C2. The molecule has 188 valence electrons. The van der Waals surface area contributed by atoms with Gasteiger partial charge in [-0.2, -0.15) is 13.2 Å². The molecule has 0 radical (unpaired) electrons. The summed E-state index contributed by atoms with van der Waals surface area (Å²) in [4.78, 5) is 37.4. The molecule has 1 aromatic rings. The van der Waals surface area contributed by atoms with Gasteiger partial charge in [-0.3, -0.25) is 4.79 Å². The summed E-state index contributed by atoms with van der Waals surface area (Å²) in [6.45, 7) is -0.367. The van der Waals surface area contributed by atoms with Gasteiger partial charge in [0.2, 0.25) is 12.9 Å². The number of nitrogens with zero attached hydrogens (tertiary/aromatic N) is 1. The van der Waals surface area contributed by atoms with Crippen LogP contribution in [-0.2, 0) is 30.3 Å². The van der Waals surface area contributed by atoms with Gasteiger partial charge in [0.1, 0.15) is 18.1 Å². The molecule has 34 heavy (non-hydrogen) atoms. The Kier molecular flexibility index (Phi) is 8.17. The number of aryl methyl sites for hydroxylation is 1. The van der Waals surface area contributed by atoms with Crippen molar-refractivity contribution in [1.82, 2.24) is 0 Å². The molecule has 0 saturated heterocycles. The Morgan fingerprint density at radius 1 is 1.15 bits per heavy atom. The lowest BCUT2D eigenvalue weighted by Crippen LogP contribution is -2.41. The van der Waals surface area contributed by atoms with Crippen molar-refractivity contribution in [2.45, 2.75) is 38.4 Å². The average Bonchev–Trinajstić information content (AvgIpc) is 2.69. The zero-order chi connectivity index (χ0) is 25.7. The highest BCUT2D eigenvalue weighted by molar-refractivity contribution is 5.96. The maximum absolute atomic E-state index is 13.5. The predicted molar refractivity (Wildman–Crippen MR) is 95.6 cm³/mol. The second-order valence-corrected chi connectivity index (χ2v) is 6.41. The third kappa shape index (κ3) is 7.41. The highest BCUT2D eigenvalue weighted by atomic mass is 19.4. The molecule has 0 amide bonds. The number of halogens is 6. The molecule has 1 aliphatic heterocycles. The van der Waals surface area contributed by atoms with Crippen LogP contribution in [0.1, 0.15) is 24.5 Å². The molecule has 0 aliphatic carbocycles. The number of hydrogen-bond donors (Lipinski definition) is 0. The molecule has 1 heterocycles. The second kappa shape index (κ2) is 10.5. The van der Waals surface area contributed by atoms with E-state index in [9.17, 15) is 46.0 Å². The molecule has 10 nitrogen and oxygen atoms in total. The van der Waals surface area contributed by atoms with Crippen molar-refractivity contribution < 1.29 is 64.8 Å². The Morgan fingerprint density at radius 3 is 2.38 bits per heavy atom. The van der Waals surface area contributed by atoms with E-state index in [4.69, 9.17) is 4.74 Å². The summed E-state index contributed by atoms with van der Waals surface area (Å²) in [5.41, 5.74) is -1.47. The lowest BCUT2D eigenvalue weighted by Gasteiger charge is -2.29. The third-order valence-electron chi connectivity index (χ3n) is 4.06. The van der Waals surface area contributed by atoms with Gasteiger partial charge in [-0.05, 0) is 30.2 Å². The van der Waals surface area contributed by atoms with E-state index < -0.39 is 72.6 Å². The molecule has 0 fully saturated rings. The zero-order valence-corrected chi connectivity index (χ0v) is 17.0. The molecule has 0 spiro atoms. The van der Waals surface area contributed by atoms with Gasteiger partial charge in [0, 0.05) is 5.56 Å². The van der Waals surface area contributed by atoms with Crippen molar-refractivity contribution >= 4 is 18.0 Å². The molecule has 0 bridgehead atoms. The Balaban J connectivity index is 2.24. The van der Waals surface area contributed by atoms with Crippen molar-refractivity contribution in [3.05, 3.63) is 38.9 Å². The lowest BCUT2D eigenvalue weighted by atomic mass is 9.97. The number of ether oxygens (including phenoxy) is 4. The topological polar surface area (TPSA) is 123 Å². The summed E-state index contributed by atoms with van der Waals surface area (Å²) in [6.07, 6.45) is -13.0. The minimum absolute atomic E-state index is 0.0221. The van der Waals surface area contributed by atoms with E-state index in [1.165, 1.54) is 6.92 Å². The second-order valence-electron chi connectivity index (χ2n) is 6.41. The number of esters is 2. The average molecular weight is 503 g/mol. The van der Waals surface area contributed by atoms with Crippen LogP contribution in [0.2, 0.25) is 0 Å². The van der Waals surface area contributed by atoms with Crippen LogP contribution in [0.4, 0.5) is 26.3 Å². The number of benzene rings is 1. The fourth-order valence-electron chi connectivity index (χ4n) is 2.73. The van der Waals surface area contributed by atoms with Crippen molar-refractivity contribution in [3.8, 4) is 11.5 Å². The maximum atomic E-state index is 13.5. The minimum atomic E-state index is -5.12. The normalized spacial score (nSPS) is 15.4. The first-order chi connectivity index (χ1) is 15.7. The van der Waals surface area contributed by atoms with Crippen LogP contribution in [0.15, 0.2) is 17.7 Å². The fraction of sp³-hybridized carbons (Fsp3) is 0.444. The Hall–Kier alpha value is -3.72. The number of hydrogen-bond acceptors (Lipinski definition) is 9. The smallest absolute Gasteiger partial charge is 0.475 e. The van der Waals surface area contributed by atoms with Gasteiger partial charge in [-0.1, -0.05) is 6.92 Å². The van der Waals surface area contributed by atoms with Gasteiger partial charge in [-0.15, -0.1) is 23.3 Å². The van der Waals surface area contributed by atoms with Gasteiger partial charge in [-0.25, -0.2) is 4.79 Å². The first kappa shape index (κ1) is 26.5. The lowest BCUT2D eigenvalue weighted by molar-refractivity contribution is -0.757. The zero-order valence-electron chi connectivity index (χ0n) is 17.0. The van der Waals surface area contributed by atoms with Crippen molar-refractivity contribution in [3.63, 3.8) is 0 Å². The van der Waals surface area contributed by atoms with E-state index in [0.717, 1.165) is 12.1 Å². The number of rotatable bonds is 9. The Labute approximate surface area is 186 Å². The van der Waals surface area contributed by atoms with Crippen LogP contribution in [0, 0.1) is 10.1 Å². The summed E-state index contributed by atoms with van der Waals surface area (Å²) in [5, 5.41) is 8.80. The molecule has 0 N–H and O–H groups in total. The fourth-order valence-corrected chi connectivity index (χ4v) is 2.73. The van der Waals surface area contributed by atoms with Crippen LogP contribution in [0.25, 0.3) is 6.08 Å². The molecule has 1 aromatic carbocycles. The van der Waals surface area contributed by atoms with Crippen molar-refractivity contribution in [2.24, 2.45) is 0 Å². The van der Waals surface area contributed by atoms with Gasteiger partial charge in [0.05, 0.1) is 12.0 Å². The molecule has 1 atom stereocenters. The molecule has 0 saturated carbocycles. The van der Waals surface area contributed by atoms with Crippen LogP contribution in [-0.4, -0.2) is 49.1 Å². The van der Waals surface area contributed by atoms with Gasteiger partial charge in [0.15, 0.2) is 0 Å². The molecule has 1 unspecified atom stereocenters. The Bertz CT molecular complexity index is 974. The van der Waals surface area contributed by atoms with Crippen molar-refractivity contribution in [1.29, 1.82) is 0 Å². The van der Waals surface area contributed by atoms with E-state index in [1.54, 1.807) is 0 Å². The molecule has 1 aliphatic rings. The third-order valence-corrected chi connectivity index (χ3v) is 4.06. The number of fused-ring (bicyclic) bond motifs is 1. The van der Waals surface area contributed by atoms with E-state index in [0.29, 0.717) is 6.08 Å². The minimum Gasteiger partial charge on any atom is -0.475 e. The summed E-state index contributed by atoms with van der Waals surface area (Å²) in [7, 11) is 0. The van der Waals surface area contributed by atoms with E-state index in [2.05, 4.69) is 19.0 Å². The highest BCUT2D eigenvalue weighted by Crippen LogP contribution is 2.42. The quantitative estimate of drug-likeness (QED) is 0.164. The number of carbonyl (C=O) groups excluding carboxylic acids is 2. The van der Waals surface area contributed by atoms with Crippen LogP contribution in [0.3, 0.4) is 0 Å². The molecule has 0 aromatic heterocycles. The molecular formula is C18H15F6NO9. The largest absolute Gasteiger partial charge is 0.573 e. The highest BCUT2D eigenvalue weighted by Gasteiger charge is 2.49. The first-order valence-corrected chi connectivity index (χ1v) is 9.19. The van der Waals surface area contributed by atoms with Gasteiger partial charge >= 0.3 is 24.5 Å².